The van der Waals surface area contributed by atoms with Gasteiger partial charge in [-0.25, -0.2) is 4.39 Å². The van der Waals surface area contributed by atoms with E-state index in [1.807, 2.05) is 24.4 Å². The van der Waals surface area contributed by atoms with Gasteiger partial charge in [0.1, 0.15) is 5.82 Å². The SMILES string of the molecule is CSNc1cccc(C2CCN(C/C(N)=C/Bc3ccccc3F)CC2)c1. The summed E-state index contributed by atoms with van der Waals surface area (Å²) in [6.07, 6.45) is 4.32. The number of hydrogen-bond acceptors (Lipinski definition) is 4. The second-order valence-electron chi connectivity index (χ2n) is 7.06. The van der Waals surface area contributed by atoms with Crippen LogP contribution >= 0.6 is 11.9 Å². The van der Waals surface area contributed by atoms with Crippen molar-refractivity contribution in [2.24, 2.45) is 5.73 Å². The molecule has 2 aromatic carbocycles. The summed E-state index contributed by atoms with van der Waals surface area (Å²) in [4.78, 5) is 2.40. The van der Waals surface area contributed by atoms with Crippen molar-refractivity contribution in [1.29, 1.82) is 0 Å². The third-order valence-electron chi connectivity index (χ3n) is 5.11. The van der Waals surface area contributed by atoms with Gasteiger partial charge in [-0.2, -0.15) is 0 Å². The number of rotatable bonds is 7. The van der Waals surface area contributed by atoms with E-state index in [0.717, 1.165) is 38.2 Å². The summed E-state index contributed by atoms with van der Waals surface area (Å²) in [5.74, 6) is 2.39. The highest BCUT2D eigenvalue weighted by atomic mass is 32.2. The molecule has 3 rings (SSSR count). The monoisotopic (exact) mass is 383 g/mol. The number of halogens is 1. The van der Waals surface area contributed by atoms with Crippen LogP contribution in [0.15, 0.2) is 60.2 Å². The van der Waals surface area contributed by atoms with E-state index in [0.29, 0.717) is 18.7 Å². The van der Waals surface area contributed by atoms with Crippen LogP contribution in [0.2, 0.25) is 0 Å². The Morgan fingerprint density at radius 2 is 2.04 bits per heavy atom. The smallest absolute Gasteiger partial charge is 0.189 e. The van der Waals surface area contributed by atoms with Crippen LogP contribution in [0.4, 0.5) is 10.1 Å². The standard InChI is InChI=1S/C21H27BFN3S/c1-27-25-19-6-4-5-17(13-19)16-9-11-26(12-10-16)15-18(24)14-22-20-7-2-3-8-21(20)23/h2-8,13-14,16,22,25H,9-12,15,24H2,1H3/b18-14-. The van der Waals surface area contributed by atoms with Gasteiger partial charge in [-0.1, -0.05) is 48.3 Å². The molecule has 0 atom stereocenters. The first-order valence-electron chi connectivity index (χ1n) is 9.45. The molecule has 2 aromatic rings. The highest BCUT2D eigenvalue weighted by molar-refractivity contribution is 7.99. The van der Waals surface area contributed by atoms with Crippen LogP contribution in [0.25, 0.3) is 0 Å². The zero-order chi connectivity index (χ0) is 19.1. The van der Waals surface area contributed by atoms with Crippen LogP contribution in [0.5, 0.6) is 0 Å². The van der Waals surface area contributed by atoms with Gasteiger partial charge in [0.25, 0.3) is 0 Å². The Bertz CT molecular complexity index is 776. The molecule has 142 valence electrons. The number of anilines is 1. The highest BCUT2D eigenvalue weighted by Crippen LogP contribution is 2.30. The van der Waals surface area contributed by atoms with Crippen LogP contribution in [-0.2, 0) is 0 Å². The van der Waals surface area contributed by atoms with E-state index in [4.69, 9.17) is 5.73 Å². The molecule has 1 fully saturated rings. The summed E-state index contributed by atoms with van der Waals surface area (Å²) in [6, 6.07) is 15.6. The summed E-state index contributed by atoms with van der Waals surface area (Å²) >= 11 is 1.62. The molecule has 3 N–H and O–H groups in total. The van der Waals surface area contributed by atoms with Crippen LogP contribution in [0, 0.1) is 5.82 Å². The van der Waals surface area contributed by atoms with Gasteiger partial charge in [-0.15, -0.1) is 0 Å². The molecule has 1 saturated heterocycles. The van der Waals surface area contributed by atoms with E-state index in [-0.39, 0.29) is 5.82 Å². The number of hydrogen-bond donors (Lipinski definition) is 2. The van der Waals surface area contributed by atoms with Crippen molar-refractivity contribution in [2.75, 3.05) is 30.6 Å². The summed E-state index contributed by atoms with van der Waals surface area (Å²) < 4.78 is 17.0. The zero-order valence-corrected chi connectivity index (χ0v) is 16.6. The maximum Gasteiger partial charge on any atom is 0.189 e. The van der Waals surface area contributed by atoms with Gasteiger partial charge in [0.15, 0.2) is 7.28 Å². The molecule has 0 unspecified atom stereocenters. The topological polar surface area (TPSA) is 41.3 Å². The lowest BCUT2D eigenvalue weighted by Gasteiger charge is -2.32. The molecule has 0 aliphatic carbocycles. The van der Waals surface area contributed by atoms with E-state index >= 15 is 0 Å². The second kappa shape index (κ2) is 9.86. The maximum atomic E-state index is 13.7. The van der Waals surface area contributed by atoms with Gasteiger partial charge < -0.3 is 10.5 Å². The van der Waals surface area contributed by atoms with Crippen molar-refractivity contribution in [3.63, 3.8) is 0 Å². The summed E-state index contributed by atoms with van der Waals surface area (Å²) in [7, 11) is 0.546. The van der Waals surface area contributed by atoms with E-state index < -0.39 is 0 Å². The molecule has 0 amide bonds. The molecule has 0 aromatic heterocycles. The first kappa shape index (κ1) is 19.8. The molecule has 1 heterocycles. The Morgan fingerprint density at radius 3 is 2.78 bits per heavy atom. The Kier molecular flexibility index (Phi) is 7.24. The lowest BCUT2D eigenvalue weighted by Crippen LogP contribution is -2.36. The van der Waals surface area contributed by atoms with E-state index in [1.165, 1.54) is 17.3 Å². The first-order valence-corrected chi connectivity index (χ1v) is 10.7. The maximum absolute atomic E-state index is 13.7. The molecule has 0 bridgehead atoms. The number of nitrogens with two attached hydrogens (primary N) is 1. The third-order valence-corrected chi connectivity index (χ3v) is 5.55. The van der Waals surface area contributed by atoms with Crippen molar-refractivity contribution < 1.29 is 4.39 Å². The average Bonchev–Trinajstić information content (AvgIpc) is 2.68. The van der Waals surface area contributed by atoms with Gasteiger partial charge in [0.05, 0.1) is 0 Å². The minimum absolute atomic E-state index is 0.166. The molecule has 0 saturated carbocycles. The van der Waals surface area contributed by atoms with Crippen LogP contribution < -0.4 is 15.9 Å². The normalized spacial score (nSPS) is 16.3. The summed E-state index contributed by atoms with van der Waals surface area (Å²) in [5.41, 5.74) is 10.3. The van der Waals surface area contributed by atoms with Gasteiger partial charge in [0.2, 0.25) is 0 Å². The van der Waals surface area contributed by atoms with E-state index in [1.54, 1.807) is 18.0 Å². The lowest BCUT2D eigenvalue weighted by atomic mass is 9.69. The molecule has 1 aliphatic heterocycles. The largest absolute Gasteiger partial charge is 0.402 e. The van der Waals surface area contributed by atoms with Crippen molar-refractivity contribution >= 4 is 30.4 Å². The summed E-state index contributed by atoms with van der Waals surface area (Å²) in [6.45, 7) is 2.84. The minimum atomic E-state index is -0.166. The average molecular weight is 383 g/mol. The highest BCUT2D eigenvalue weighted by Gasteiger charge is 2.21. The van der Waals surface area contributed by atoms with Crippen LogP contribution in [0.1, 0.15) is 24.3 Å². The van der Waals surface area contributed by atoms with Crippen LogP contribution in [-0.4, -0.2) is 38.1 Å². The predicted molar refractivity (Wildman–Crippen MR) is 117 cm³/mol. The molecule has 3 nitrogen and oxygen atoms in total. The number of piperidine rings is 1. The van der Waals surface area contributed by atoms with E-state index in [9.17, 15) is 4.39 Å². The Hall–Kier alpha value is -1.92. The molecule has 27 heavy (non-hydrogen) atoms. The lowest BCUT2D eigenvalue weighted by molar-refractivity contribution is 0.227. The number of likely N-dealkylation sites (tertiary alicyclic amines) is 1. The molecular weight excluding hydrogens is 356 g/mol. The first-order chi connectivity index (χ1) is 13.2. The Balaban J connectivity index is 1.49. The number of nitrogens with zero attached hydrogens (tertiary/aromatic N) is 1. The molecule has 6 heteroatoms. The van der Waals surface area contributed by atoms with Gasteiger partial charge in [0, 0.05) is 24.2 Å². The number of nitrogens with one attached hydrogen (secondary N) is 1. The minimum Gasteiger partial charge on any atom is -0.402 e. The fourth-order valence-electron chi connectivity index (χ4n) is 3.63. The molecule has 0 radical (unpaired) electrons. The van der Waals surface area contributed by atoms with Gasteiger partial charge in [-0.3, -0.25) is 4.90 Å². The number of benzene rings is 2. The second-order valence-corrected chi connectivity index (χ2v) is 7.67. The van der Waals surface area contributed by atoms with Gasteiger partial charge in [-0.05, 0) is 61.1 Å². The van der Waals surface area contributed by atoms with Crippen molar-refractivity contribution in [1.82, 2.24) is 4.90 Å². The third kappa shape index (κ3) is 5.78. The summed E-state index contributed by atoms with van der Waals surface area (Å²) in [5, 5.41) is 0. The van der Waals surface area contributed by atoms with Crippen LogP contribution in [0.3, 0.4) is 0 Å². The van der Waals surface area contributed by atoms with Crippen molar-refractivity contribution in [3.05, 3.63) is 71.6 Å². The quantitative estimate of drug-likeness (QED) is 0.569. The van der Waals surface area contributed by atoms with E-state index in [2.05, 4.69) is 33.9 Å². The van der Waals surface area contributed by atoms with Gasteiger partial charge >= 0.3 is 0 Å². The molecular formula is C21H27BFN3S. The molecule has 0 spiro atoms. The van der Waals surface area contributed by atoms with Crippen molar-refractivity contribution in [2.45, 2.75) is 18.8 Å². The fourth-order valence-corrected chi connectivity index (χ4v) is 3.99. The fraction of sp³-hybridized carbons (Fsp3) is 0.333. The van der Waals surface area contributed by atoms with Crippen molar-refractivity contribution in [3.8, 4) is 0 Å². The molecule has 1 aliphatic rings. The zero-order valence-electron chi connectivity index (χ0n) is 15.8. The predicted octanol–water partition coefficient (Wildman–Crippen LogP) is 3.26. The Morgan fingerprint density at radius 1 is 1.26 bits per heavy atom. The Labute approximate surface area is 166 Å².